The zero-order valence-corrected chi connectivity index (χ0v) is 12.0. The van der Waals surface area contributed by atoms with Crippen LogP contribution >= 0.6 is 0 Å². The van der Waals surface area contributed by atoms with E-state index in [1.165, 1.54) is 6.07 Å². The second kappa shape index (κ2) is 6.31. The van der Waals surface area contributed by atoms with Gasteiger partial charge >= 0.3 is 0 Å². The molecule has 2 rings (SSSR count). The maximum absolute atomic E-state index is 13.8. The number of aliphatic hydroxyl groups is 1. The molecule has 0 radical (unpaired) electrons. The number of anilines is 2. The number of ether oxygens (including phenoxy) is 1. The lowest BCUT2D eigenvalue weighted by Crippen LogP contribution is -2.28. The lowest BCUT2D eigenvalue weighted by molar-refractivity contribution is 0.126. The summed E-state index contributed by atoms with van der Waals surface area (Å²) in [6.07, 6.45) is 3.06. The Morgan fingerprint density at radius 1 is 1.30 bits per heavy atom. The molecule has 1 aliphatic carbocycles. The maximum Gasteiger partial charge on any atom is 0.167 e. The van der Waals surface area contributed by atoms with E-state index >= 15 is 0 Å². The van der Waals surface area contributed by atoms with Crippen molar-refractivity contribution in [1.82, 2.24) is 0 Å². The molecule has 1 saturated carbocycles. The van der Waals surface area contributed by atoms with Crippen molar-refractivity contribution in [2.75, 3.05) is 11.1 Å². The summed E-state index contributed by atoms with van der Waals surface area (Å²) in [4.78, 5) is 0. The molecule has 1 aliphatic rings. The number of nitrogens with one attached hydrogen (secondary N) is 1. The van der Waals surface area contributed by atoms with Crippen molar-refractivity contribution in [1.29, 1.82) is 0 Å². The molecule has 0 saturated heterocycles. The second-order valence-electron chi connectivity index (χ2n) is 5.69. The molecule has 5 heteroatoms. The summed E-state index contributed by atoms with van der Waals surface area (Å²) in [5, 5.41) is 12.8. The van der Waals surface area contributed by atoms with Gasteiger partial charge in [0.15, 0.2) is 11.6 Å². The third kappa shape index (κ3) is 3.76. The quantitative estimate of drug-likeness (QED) is 0.743. The number of hydrogen-bond acceptors (Lipinski definition) is 4. The van der Waals surface area contributed by atoms with Gasteiger partial charge in [-0.1, -0.05) is 0 Å². The van der Waals surface area contributed by atoms with Crippen LogP contribution in [0.2, 0.25) is 0 Å². The van der Waals surface area contributed by atoms with E-state index in [0.717, 1.165) is 25.7 Å². The first kappa shape index (κ1) is 14.9. The highest BCUT2D eigenvalue weighted by Gasteiger charge is 2.20. The van der Waals surface area contributed by atoms with Crippen molar-refractivity contribution in [2.45, 2.75) is 57.8 Å². The molecule has 0 atom stereocenters. The fraction of sp³-hybridized carbons (Fsp3) is 0.600. The Kier molecular flexibility index (Phi) is 4.70. The Morgan fingerprint density at radius 2 is 1.95 bits per heavy atom. The van der Waals surface area contributed by atoms with Gasteiger partial charge in [-0.05, 0) is 39.5 Å². The van der Waals surface area contributed by atoms with E-state index in [4.69, 9.17) is 10.5 Å². The van der Waals surface area contributed by atoms with Gasteiger partial charge in [-0.25, -0.2) is 4.39 Å². The smallest absolute Gasteiger partial charge is 0.167 e. The van der Waals surface area contributed by atoms with Crippen LogP contribution in [-0.4, -0.2) is 23.4 Å². The molecule has 0 aromatic heterocycles. The number of hydrogen-bond donors (Lipinski definition) is 3. The van der Waals surface area contributed by atoms with Crippen LogP contribution in [0.15, 0.2) is 12.1 Å². The van der Waals surface area contributed by atoms with Crippen LogP contribution in [0.3, 0.4) is 0 Å². The van der Waals surface area contributed by atoms with Crippen LogP contribution in [0.5, 0.6) is 5.75 Å². The first-order chi connectivity index (χ1) is 9.45. The molecule has 0 spiro atoms. The van der Waals surface area contributed by atoms with Crippen molar-refractivity contribution < 1.29 is 14.2 Å². The molecule has 4 N–H and O–H groups in total. The minimum Gasteiger partial charge on any atom is -0.488 e. The van der Waals surface area contributed by atoms with Gasteiger partial charge < -0.3 is 20.9 Å². The van der Waals surface area contributed by atoms with Crippen LogP contribution in [-0.2, 0) is 0 Å². The molecular weight excluding hydrogens is 259 g/mol. The average Bonchev–Trinajstić information content (AvgIpc) is 2.37. The molecule has 0 bridgehead atoms. The van der Waals surface area contributed by atoms with Crippen molar-refractivity contribution in [3.63, 3.8) is 0 Å². The molecule has 0 aliphatic heterocycles. The molecule has 0 unspecified atom stereocenters. The van der Waals surface area contributed by atoms with E-state index in [0.29, 0.717) is 11.4 Å². The molecule has 0 heterocycles. The first-order valence-electron chi connectivity index (χ1n) is 7.16. The van der Waals surface area contributed by atoms with Gasteiger partial charge in [-0.2, -0.15) is 0 Å². The topological polar surface area (TPSA) is 67.5 Å². The van der Waals surface area contributed by atoms with Crippen LogP contribution in [0.4, 0.5) is 15.8 Å². The number of aliphatic hydroxyl groups excluding tert-OH is 1. The fourth-order valence-corrected chi connectivity index (χ4v) is 2.48. The lowest BCUT2D eigenvalue weighted by Gasteiger charge is -2.27. The molecule has 112 valence electrons. The lowest BCUT2D eigenvalue weighted by atomic mass is 9.93. The Balaban J connectivity index is 2.10. The largest absolute Gasteiger partial charge is 0.488 e. The van der Waals surface area contributed by atoms with E-state index in [-0.39, 0.29) is 24.0 Å². The van der Waals surface area contributed by atoms with E-state index in [2.05, 4.69) is 5.32 Å². The van der Waals surface area contributed by atoms with Crippen LogP contribution < -0.4 is 15.8 Å². The van der Waals surface area contributed by atoms with E-state index in [9.17, 15) is 9.50 Å². The summed E-state index contributed by atoms with van der Waals surface area (Å²) < 4.78 is 19.2. The predicted octanol–water partition coefficient (Wildman–Crippen LogP) is 2.91. The normalized spacial score (nSPS) is 22.9. The summed E-state index contributed by atoms with van der Waals surface area (Å²) in [7, 11) is 0. The van der Waals surface area contributed by atoms with Gasteiger partial charge in [0, 0.05) is 18.2 Å². The van der Waals surface area contributed by atoms with Crippen molar-refractivity contribution in [3.05, 3.63) is 17.9 Å². The van der Waals surface area contributed by atoms with E-state index < -0.39 is 5.82 Å². The van der Waals surface area contributed by atoms with E-state index in [1.807, 2.05) is 13.8 Å². The summed E-state index contributed by atoms with van der Waals surface area (Å²) in [5.74, 6) is -0.228. The van der Waals surface area contributed by atoms with Gasteiger partial charge in [0.25, 0.3) is 0 Å². The Labute approximate surface area is 119 Å². The maximum atomic E-state index is 13.8. The molecular formula is C15H23FN2O2. The Hall–Kier alpha value is -1.49. The highest BCUT2D eigenvalue weighted by molar-refractivity contribution is 5.69. The van der Waals surface area contributed by atoms with Crippen LogP contribution in [0.25, 0.3) is 0 Å². The van der Waals surface area contributed by atoms with Crippen LogP contribution in [0.1, 0.15) is 39.5 Å². The molecule has 1 aromatic carbocycles. The Morgan fingerprint density at radius 3 is 2.55 bits per heavy atom. The van der Waals surface area contributed by atoms with Gasteiger partial charge in [-0.15, -0.1) is 0 Å². The average molecular weight is 282 g/mol. The van der Waals surface area contributed by atoms with Gasteiger partial charge in [0.1, 0.15) is 0 Å². The fourth-order valence-electron chi connectivity index (χ4n) is 2.48. The zero-order chi connectivity index (χ0) is 14.7. The highest BCUT2D eigenvalue weighted by atomic mass is 19.1. The van der Waals surface area contributed by atoms with Crippen molar-refractivity contribution in [3.8, 4) is 5.75 Å². The van der Waals surface area contributed by atoms with Crippen molar-refractivity contribution in [2.24, 2.45) is 0 Å². The number of rotatable bonds is 4. The second-order valence-corrected chi connectivity index (χ2v) is 5.69. The third-order valence-corrected chi connectivity index (χ3v) is 3.52. The first-order valence-corrected chi connectivity index (χ1v) is 7.16. The minimum atomic E-state index is -0.444. The monoisotopic (exact) mass is 282 g/mol. The van der Waals surface area contributed by atoms with Gasteiger partial charge in [0.05, 0.1) is 23.6 Å². The molecule has 4 nitrogen and oxygen atoms in total. The summed E-state index contributed by atoms with van der Waals surface area (Å²) in [5.41, 5.74) is 6.94. The van der Waals surface area contributed by atoms with Gasteiger partial charge in [0.2, 0.25) is 0 Å². The molecule has 1 fully saturated rings. The summed E-state index contributed by atoms with van der Waals surface area (Å²) >= 11 is 0. The molecule has 1 aromatic rings. The standard InChI is InChI=1S/C15H23FN2O2/c1-9(2)20-15-8-14(13(17)7-12(15)16)18-10-3-5-11(19)6-4-10/h7-11,18-19H,3-6,17H2,1-2H3. The minimum absolute atomic E-state index is 0.0918. The third-order valence-electron chi connectivity index (χ3n) is 3.52. The predicted molar refractivity (Wildman–Crippen MR) is 78.5 cm³/mol. The van der Waals surface area contributed by atoms with Gasteiger partial charge in [-0.3, -0.25) is 0 Å². The molecule has 20 heavy (non-hydrogen) atoms. The van der Waals surface area contributed by atoms with E-state index in [1.54, 1.807) is 6.07 Å². The number of benzene rings is 1. The number of halogens is 1. The summed E-state index contributed by atoms with van der Waals surface area (Å²) in [6.45, 7) is 3.71. The van der Waals surface area contributed by atoms with Crippen molar-refractivity contribution >= 4 is 11.4 Å². The Bertz CT molecular complexity index is 457. The summed E-state index contributed by atoms with van der Waals surface area (Å²) in [6, 6.07) is 3.17. The van der Waals surface area contributed by atoms with Crippen LogP contribution in [0, 0.1) is 5.82 Å². The highest BCUT2D eigenvalue weighted by Crippen LogP contribution is 2.31. The molecule has 0 amide bonds. The number of nitrogens with two attached hydrogens (primary N) is 1. The number of nitrogen functional groups attached to an aromatic ring is 1. The zero-order valence-electron chi connectivity index (χ0n) is 12.0. The SMILES string of the molecule is CC(C)Oc1cc(NC2CCC(O)CC2)c(N)cc1F.